The highest BCUT2D eigenvalue weighted by Gasteiger charge is 2.14. The number of halogens is 1. The molecule has 0 fully saturated rings. The maximum Gasteiger partial charge on any atom is 0.119 e. The first-order valence-corrected chi connectivity index (χ1v) is 6.05. The lowest BCUT2D eigenvalue weighted by molar-refractivity contribution is 0.284. The second kappa shape index (κ2) is 5.03. The van der Waals surface area contributed by atoms with Crippen LogP contribution in [0.3, 0.4) is 0 Å². The molecule has 1 unspecified atom stereocenters. The van der Waals surface area contributed by atoms with Gasteiger partial charge in [0.15, 0.2) is 0 Å². The Morgan fingerprint density at radius 1 is 1.53 bits per heavy atom. The Morgan fingerprint density at radius 3 is 2.67 bits per heavy atom. The zero-order valence-electron chi connectivity index (χ0n) is 9.80. The van der Waals surface area contributed by atoms with Gasteiger partial charge in [0.25, 0.3) is 0 Å². The smallest absolute Gasteiger partial charge is 0.119 e. The summed E-state index contributed by atoms with van der Waals surface area (Å²) in [5, 5.41) is 5.99. The van der Waals surface area contributed by atoms with E-state index in [1.165, 1.54) is 11.3 Å². The fraction of sp³-hybridized carbons (Fsp3) is 0.727. The van der Waals surface area contributed by atoms with E-state index in [2.05, 4.69) is 10.3 Å². The molecule has 0 bridgehead atoms. The van der Waals surface area contributed by atoms with Crippen LogP contribution in [0.4, 0.5) is 4.39 Å². The van der Waals surface area contributed by atoms with Crippen LogP contribution in [0.1, 0.15) is 31.5 Å². The van der Waals surface area contributed by atoms with Gasteiger partial charge in [0.05, 0.1) is 5.01 Å². The number of rotatable bonds is 4. The predicted octanol–water partition coefficient (Wildman–Crippen LogP) is 2.72. The lowest BCUT2D eigenvalue weighted by Crippen LogP contribution is -2.40. The minimum atomic E-state index is -0.852. The molecule has 0 saturated heterocycles. The van der Waals surface area contributed by atoms with Crippen molar-refractivity contribution in [3.05, 3.63) is 16.1 Å². The van der Waals surface area contributed by atoms with Gasteiger partial charge < -0.3 is 5.32 Å². The molecule has 1 aromatic heterocycles. The van der Waals surface area contributed by atoms with Crippen LogP contribution in [0.2, 0.25) is 0 Å². The van der Waals surface area contributed by atoms with Crippen molar-refractivity contribution in [2.75, 3.05) is 6.54 Å². The summed E-state index contributed by atoms with van der Waals surface area (Å²) in [5.74, 6) is 0. The minimum absolute atomic E-state index is 0.0247. The SMILES string of the molecule is Cc1csc(CC(F)CNC(C)(C)C)n1. The third-order valence-electron chi connectivity index (χ3n) is 1.92. The largest absolute Gasteiger partial charge is 0.309 e. The Morgan fingerprint density at radius 2 is 2.20 bits per heavy atom. The molecule has 0 amide bonds. The molecule has 2 nitrogen and oxygen atoms in total. The van der Waals surface area contributed by atoms with Crippen molar-refractivity contribution in [2.45, 2.75) is 45.8 Å². The van der Waals surface area contributed by atoms with E-state index >= 15 is 0 Å². The van der Waals surface area contributed by atoms with Crippen molar-refractivity contribution >= 4 is 11.3 Å². The van der Waals surface area contributed by atoms with Crippen molar-refractivity contribution in [3.63, 3.8) is 0 Å². The second-order valence-electron chi connectivity index (χ2n) is 4.81. The predicted molar refractivity (Wildman–Crippen MR) is 63.2 cm³/mol. The van der Waals surface area contributed by atoms with E-state index in [0.717, 1.165) is 10.7 Å². The number of alkyl halides is 1. The molecule has 1 rings (SSSR count). The third kappa shape index (κ3) is 5.23. The van der Waals surface area contributed by atoms with Crippen molar-refractivity contribution < 1.29 is 4.39 Å². The molecule has 1 heterocycles. The van der Waals surface area contributed by atoms with Gasteiger partial charge in [0.1, 0.15) is 6.17 Å². The maximum atomic E-state index is 13.5. The summed E-state index contributed by atoms with van der Waals surface area (Å²) in [6.07, 6.45) is -0.434. The van der Waals surface area contributed by atoms with Gasteiger partial charge in [-0.05, 0) is 27.7 Å². The van der Waals surface area contributed by atoms with E-state index in [9.17, 15) is 4.39 Å². The van der Waals surface area contributed by atoms with E-state index in [4.69, 9.17) is 0 Å². The van der Waals surface area contributed by atoms with Gasteiger partial charge in [-0.1, -0.05) is 0 Å². The third-order valence-corrected chi connectivity index (χ3v) is 2.91. The van der Waals surface area contributed by atoms with Crippen LogP contribution in [0, 0.1) is 6.92 Å². The lowest BCUT2D eigenvalue weighted by atomic mass is 10.1. The van der Waals surface area contributed by atoms with Crippen LogP contribution in [0.5, 0.6) is 0 Å². The minimum Gasteiger partial charge on any atom is -0.309 e. The van der Waals surface area contributed by atoms with Crippen LogP contribution in [0.25, 0.3) is 0 Å². The standard InChI is InChI=1S/C11H19FN2S/c1-8-7-15-10(14-8)5-9(12)6-13-11(2,3)4/h7,9,13H,5-6H2,1-4H3. The molecule has 0 radical (unpaired) electrons. The first kappa shape index (κ1) is 12.6. The highest BCUT2D eigenvalue weighted by molar-refractivity contribution is 7.09. The average Bonchev–Trinajstić information content (AvgIpc) is 2.47. The van der Waals surface area contributed by atoms with E-state index < -0.39 is 6.17 Å². The van der Waals surface area contributed by atoms with E-state index in [-0.39, 0.29) is 5.54 Å². The quantitative estimate of drug-likeness (QED) is 0.860. The Kier molecular flexibility index (Phi) is 4.22. The number of thiazole rings is 1. The summed E-state index contributed by atoms with van der Waals surface area (Å²) < 4.78 is 13.5. The summed E-state index contributed by atoms with van der Waals surface area (Å²) in [6, 6.07) is 0. The molecule has 0 aliphatic heterocycles. The van der Waals surface area contributed by atoms with E-state index in [1.807, 2.05) is 33.1 Å². The topological polar surface area (TPSA) is 24.9 Å². The number of nitrogens with one attached hydrogen (secondary N) is 1. The normalized spacial score (nSPS) is 14.2. The fourth-order valence-electron chi connectivity index (χ4n) is 1.18. The Balaban J connectivity index is 2.33. The molecule has 0 aliphatic rings. The molecule has 4 heteroatoms. The van der Waals surface area contributed by atoms with Crippen molar-refractivity contribution in [1.29, 1.82) is 0 Å². The lowest BCUT2D eigenvalue weighted by Gasteiger charge is -2.21. The molecular weight excluding hydrogens is 211 g/mol. The molecule has 0 spiro atoms. The van der Waals surface area contributed by atoms with Crippen molar-refractivity contribution in [2.24, 2.45) is 0 Å². The highest BCUT2D eigenvalue weighted by Crippen LogP contribution is 2.12. The second-order valence-corrected chi connectivity index (χ2v) is 5.76. The van der Waals surface area contributed by atoms with Gasteiger partial charge >= 0.3 is 0 Å². The number of aryl methyl sites for hydroxylation is 1. The van der Waals surface area contributed by atoms with E-state index in [0.29, 0.717) is 13.0 Å². The summed E-state index contributed by atoms with van der Waals surface area (Å²) in [5.41, 5.74) is 0.953. The Labute approximate surface area is 94.9 Å². The Hall–Kier alpha value is -0.480. The van der Waals surface area contributed by atoms with E-state index in [1.54, 1.807) is 0 Å². The molecule has 1 atom stereocenters. The molecular formula is C11H19FN2S. The first-order chi connectivity index (χ1) is 6.87. The van der Waals surface area contributed by atoms with Crippen LogP contribution >= 0.6 is 11.3 Å². The molecule has 0 aromatic carbocycles. The number of aromatic nitrogens is 1. The van der Waals surface area contributed by atoms with Crippen LogP contribution in [-0.2, 0) is 6.42 Å². The maximum absolute atomic E-state index is 13.5. The highest BCUT2D eigenvalue weighted by atomic mass is 32.1. The monoisotopic (exact) mass is 230 g/mol. The number of hydrogen-bond donors (Lipinski definition) is 1. The summed E-state index contributed by atoms with van der Waals surface area (Å²) in [4.78, 5) is 4.25. The van der Waals surface area contributed by atoms with Gasteiger partial charge in [-0.25, -0.2) is 9.37 Å². The molecule has 1 aromatic rings. The van der Waals surface area contributed by atoms with Crippen LogP contribution in [-0.4, -0.2) is 23.2 Å². The van der Waals surface area contributed by atoms with Gasteiger partial charge in [-0.2, -0.15) is 0 Å². The molecule has 1 N–H and O–H groups in total. The van der Waals surface area contributed by atoms with Gasteiger partial charge in [-0.3, -0.25) is 0 Å². The molecule has 86 valence electrons. The first-order valence-electron chi connectivity index (χ1n) is 5.17. The zero-order chi connectivity index (χ0) is 11.5. The molecule has 15 heavy (non-hydrogen) atoms. The van der Waals surface area contributed by atoms with Gasteiger partial charge in [0, 0.05) is 29.6 Å². The number of nitrogens with zero attached hydrogens (tertiary/aromatic N) is 1. The van der Waals surface area contributed by atoms with Crippen molar-refractivity contribution in [1.82, 2.24) is 10.3 Å². The summed E-state index contributed by atoms with van der Waals surface area (Å²) in [7, 11) is 0. The zero-order valence-corrected chi connectivity index (χ0v) is 10.6. The fourth-order valence-corrected chi connectivity index (χ4v) is 2.01. The van der Waals surface area contributed by atoms with Gasteiger partial charge in [0.2, 0.25) is 0 Å². The summed E-state index contributed by atoms with van der Waals surface area (Å²) >= 11 is 1.53. The molecule has 0 saturated carbocycles. The van der Waals surface area contributed by atoms with Crippen LogP contribution in [0.15, 0.2) is 5.38 Å². The van der Waals surface area contributed by atoms with Crippen molar-refractivity contribution in [3.8, 4) is 0 Å². The van der Waals surface area contributed by atoms with Gasteiger partial charge in [-0.15, -0.1) is 11.3 Å². The molecule has 0 aliphatic carbocycles. The Bertz CT molecular complexity index is 304. The summed E-state index contributed by atoms with van der Waals surface area (Å²) in [6.45, 7) is 8.43. The average molecular weight is 230 g/mol. The number of hydrogen-bond acceptors (Lipinski definition) is 3. The van der Waals surface area contributed by atoms with Crippen LogP contribution < -0.4 is 5.32 Å².